The van der Waals surface area contributed by atoms with E-state index in [0.717, 1.165) is 30.4 Å². The minimum Gasteiger partial charge on any atom is -0.508 e. The Morgan fingerprint density at radius 1 is 0.731 bits per heavy atom. The maximum absolute atomic E-state index is 14.9. The van der Waals surface area contributed by atoms with Gasteiger partial charge in [0.25, 0.3) is 0 Å². The molecular formula is C42H57N3O7. The molecule has 0 saturated heterocycles. The molecule has 3 N–H and O–H groups in total. The number of hydrogen-bond acceptors (Lipinski definition) is 7. The summed E-state index contributed by atoms with van der Waals surface area (Å²) in [6.07, 6.45) is 2.80. The number of rotatable bonds is 16. The third-order valence-corrected chi connectivity index (χ3v) is 8.11. The zero-order chi connectivity index (χ0) is 38.5. The first kappa shape index (κ1) is 41.6. The monoisotopic (exact) mass is 715 g/mol. The number of phenols is 1. The van der Waals surface area contributed by atoms with Crippen molar-refractivity contribution < 1.29 is 33.8 Å². The molecule has 282 valence electrons. The zero-order valence-electron chi connectivity index (χ0n) is 32.0. The van der Waals surface area contributed by atoms with E-state index in [1.807, 2.05) is 55.5 Å². The predicted octanol–water partition coefficient (Wildman–Crippen LogP) is 7.36. The van der Waals surface area contributed by atoms with E-state index in [0.29, 0.717) is 17.5 Å². The molecule has 10 heteroatoms. The second-order valence-electron chi connectivity index (χ2n) is 15.3. The summed E-state index contributed by atoms with van der Waals surface area (Å²) in [6, 6.07) is 19.8. The Kier molecular flexibility index (Phi) is 15.3. The number of unbranched alkanes of at least 4 members (excludes halogenated alkanes) is 3. The Bertz CT molecular complexity index is 1610. The Balaban J connectivity index is 2.13. The molecule has 0 bridgehead atoms. The van der Waals surface area contributed by atoms with Gasteiger partial charge in [0.05, 0.1) is 0 Å². The van der Waals surface area contributed by atoms with Gasteiger partial charge in [0.2, 0.25) is 11.8 Å². The molecule has 0 aliphatic heterocycles. The predicted molar refractivity (Wildman–Crippen MR) is 203 cm³/mol. The van der Waals surface area contributed by atoms with E-state index < -0.39 is 53.2 Å². The van der Waals surface area contributed by atoms with Crippen molar-refractivity contribution in [1.82, 2.24) is 15.5 Å². The van der Waals surface area contributed by atoms with Crippen molar-refractivity contribution in [2.24, 2.45) is 0 Å². The minimum atomic E-state index is -1.16. The maximum Gasteiger partial charge on any atom is 0.408 e. The number of phenolic OH excluding ortho intramolecular Hbond substituents is 1. The van der Waals surface area contributed by atoms with Gasteiger partial charge in [-0.25, -0.2) is 9.59 Å². The van der Waals surface area contributed by atoms with Crippen LogP contribution in [0.5, 0.6) is 5.75 Å². The molecule has 3 amide bonds. The summed E-state index contributed by atoms with van der Waals surface area (Å²) in [5.41, 5.74) is 1.33. The van der Waals surface area contributed by atoms with Crippen LogP contribution < -0.4 is 10.6 Å². The van der Waals surface area contributed by atoms with Crippen LogP contribution in [-0.4, -0.2) is 63.7 Å². The van der Waals surface area contributed by atoms with Crippen molar-refractivity contribution in [2.45, 2.75) is 123 Å². The number of alkyl carbamates (subject to hydrolysis) is 1. The molecule has 10 nitrogen and oxygen atoms in total. The van der Waals surface area contributed by atoms with Gasteiger partial charge in [0, 0.05) is 19.4 Å². The average molecular weight is 716 g/mol. The lowest BCUT2D eigenvalue weighted by Crippen LogP contribution is -2.55. The fourth-order valence-corrected chi connectivity index (χ4v) is 5.77. The summed E-state index contributed by atoms with van der Waals surface area (Å²) in [4.78, 5) is 58.0. The average Bonchev–Trinajstić information content (AvgIpc) is 3.05. The summed E-state index contributed by atoms with van der Waals surface area (Å²) < 4.78 is 11.3. The zero-order valence-corrected chi connectivity index (χ0v) is 32.0. The number of carbonyl (C=O) groups excluding carboxylic acids is 4. The molecule has 0 aliphatic rings. The first-order valence-corrected chi connectivity index (χ1v) is 18.2. The number of aromatic hydroxyl groups is 1. The number of carbonyl (C=O) groups is 4. The third kappa shape index (κ3) is 14.0. The van der Waals surface area contributed by atoms with Crippen LogP contribution >= 0.6 is 0 Å². The van der Waals surface area contributed by atoms with Crippen LogP contribution in [0.15, 0.2) is 78.9 Å². The van der Waals surface area contributed by atoms with Crippen molar-refractivity contribution in [2.75, 3.05) is 6.54 Å². The maximum atomic E-state index is 14.9. The van der Waals surface area contributed by atoms with Gasteiger partial charge in [-0.2, -0.15) is 0 Å². The highest BCUT2D eigenvalue weighted by atomic mass is 16.6. The molecule has 0 spiro atoms. The van der Waals surface area contributed by atoms with Crippen molar-refractivity contribution in [3.8, 4) is 5.75 Å². The first-order valence-electron chi connectivity index (χ1n) is 18.2. The number of nitrogens with zero attached hydrogens (tertiary/aromatic N) is 1. The fourth-order valence-electron chi connectivity index (χ4n) is 5.77. The number of aryl methyl sites for hydroxylation is 1. The van der Waals surface area contributed by atoms with Gasteiger partial charge < -0.3 is 30.1 Å². The van der Waals surface area contributed by atoms with Crippen LogP contribution in [0.4, 0.5) is 4.79 Å². The van der Waals surface area contributed by atoms with E-state index in [2.05, 4.69) is 17.6 Å². The van der Waals surface area contributed by atoms with Gasteiger partial charge in [0.15, 0.2) is 0 Å². The molecule has 0 aliphatic carbocycles. The Morgan fingerprint density at radius 3 is 1.94 bits per heavy atom. The number of nitrogens with one attached hydrogen (secondary N) is 2. The normalized spacial score (nSPS) is 13.3. The topological polar surface area (TPSA) is 134 Å². The molecule has 3 aromatic carbocycles. The van der Waals surface area contributed by atoms with Crippen molar-refractivity contribution in [3.63, 3.8) is 0 Å². The molecule has 0 saturated carbocycles. The van der Waals surface area contributed by atoms with Crippen LogP contribution in [0.3, 0.4) is 0 Å². The van der Waals surface area contributed by atoms with Gasteiger partial charge in [-0.3, -0.25) is 9.59 Å². The number of esters is 1. The number of ether oxygens (including phenoxy) is 2. The molecule has 3 rings (SSSR count). The van der Waals surface area contributed by atoms with Crippen molar-refractivity contribution in [3.05, 3.63) is 101 Å². The molecule has 0 radical (unpaired) electrons. The lowest BCUT2D eigenvalue weighted by molar-refractivity contribution is -0.159. The lowest BCUT2D eigenvalue weighted by atomic mass is 9.97. The number of benzene rings is 3. The third-order valence-electron chi connectivity index (χ3n) is 8.11. The van der Waals surface area contributed by atoms with Gasteiger partial charge in [-0.05, 0) is 83.7 Å². The summed E-state index contributed by atoms with van der Waals surface area (Å²) in [5.74, 6) is -1.57. The SMILES string of the molecule is CCCCCCN(C(=O)C(Cc1ccc(O)cc1)NC(=O)OC(C)(C)C)C(C(=O)NC(Cc1ccccc1)C(=O)OC(C)(C)C)c1cccc(C)c1. The summed E-state index contributed by atoms with van der Waals surface area (Å²) in [7, 11) is 0. The highest BCUT2D eigenvalue weighted by Gasteiger charge is 2.38. The number of hydrogen-bond donors (Lipinski definition) is 3. The standard InChI is InChI=1S/C42H57N3O7/c1-9-10-11-15-25-45(38(48)34(44-40(50)52-42(6,7)8)27-31-21-23-33(46)24-22-31)36(32-20-16-17-29(2)26-32)37(47)43-35(39(49)51-41(3,4)5)28-30-18-13-12-14-19-30/h12-14,16-24,26,34-36,46H,9-11,15,25,27-28H2,1-8H3,(H,43,47)(H,44,50). The Labute approximate surface area is 309 Å². The molecule has 0 fully saturated rings. The summed E-state index contributed by atoms with van der Waals surface area (Å²) in [6.45, 7) is 14.7. The highest BCUT2D eigenvalue weighted by Crippen LogP contribution is 2.26. The molecule has 0 aromatic heterocycles. The molecular weight excluding hydrogens is 658 g/mol. The molecule has 52 heavy (non-hydrogen) atoms. The smallest absolute Gasteiger partial charge is 0.408 e. The van der Waals surface area contributed by atoms with E-state index in [1.54, 1.807) is 59.7 Å². The second-order valence-corrected chi connectivity index (χ2v) is 15.3. The molecule has 3 unspecified atom stereocenters. The van der Waals surface area contributed by atoms with Crippen molar-refractivity contribution in [1.29, 1.82) is 0 Å². The van der Waals surface area contributed by atoms with E-state index in [4.69, 9.17) is 9.47 Å². The van der Waals surface area contributed by atoms with Gasteiger partial charge in [-0.15, -0.1) is 0 Å². The molecule has 3 atom stereocenters. The Hall–Kier alpha value is -4.86. The van der Waals surface area contributed by atoms with Crippen LogP contribution in [0.25, 0.3) is 0 Å². The van der Waals surface area contributed by atoms with Gasteiger partial charge in [-0.1, -0.05) is 98.5 Å². The van der Waals surface area contributed by atoms with E-state index in [-0.39, 0.29) is 25.1 Å². The van der Waals surface area contributed by atoms with E-state index in [1.165, 1.54) is 17.0 Å². The van der Waals surface area contributed by atoms with Crippen LogP contribution in [-0.2, 0) is 36.7 Å². The van der Waals surface area contributed by atoms with Crippen LogP contribution in [0.1, 0.15) is 102 Å². The number of amides is 3. The molecule has 3 aromatic rings. The fraction of sp³-hybridized carbons (Fsp3) is 0.476. The summed E-state index contributed by atoms with van der Waals surface area (Å²) in [5, 5.41) is 15.6. The van der Waals surface area contributed by atoms with Gasteiger partial charge >= 0.3 is 12.1 Å². The van der Waals surface area contributed by atoms with Crippen LogP contribution in [0, 0.1) is 6.92 Å². The lowest BCUT2D eigenvalue weighted by Gasteiger charge is -2.35. The largest absolute Gasteiger partial charge is 0.508 e. The van der Waals surface area contributed by atoms with E-state index in [9.17, 15) is 24.3 Å². The van der Waals surface area contributed by atoms with Crippen LogP contribution in [0.2, 0.25) is 0 Å². The van der Waals surface area contributed by atoms with Gasteiger partial charge in [0.1, 0.15) is 35.1 Å². The Morgan fingerprint density at radius 2 is 1.35 bits per heavy atom. The minimum absolute atomic E-state index is 0.0653. The van der Waals surface area contributed by atoms with Crippen molar-refractivity contribution >= 4 is 23.9 Å². The van der Waals surface area contributed by atoms with E-state index >= 15 is 0 Å². The quantitative estimate of drug-likeness (QED) is 0.104. The summed E-state index contributed by atoms with van der Waals surface area (Å²) >= 11 is 0. The highest BCUT2D eigenvalue weighted by molar-refractivity contribution is 5.94. The second kappa shape index (κ2) is 19.1. The molecule has 0 heterocycles. The first-order chi connectivity index (χ1) is 24.5.